The summed E-state index contributed by atoms with van der Waals surface area (Å²) in [4.78, 5) is 0. The molecule has 0 fully saturated rings. The van der Waals surface area contributed by atoms with E-state index in [1.807, 2.05) is 0 Å². The average Bonchev–Trinajstić information content (AvgIpc) is 3.06. The number of hydrogen-bond acceptors (Lipinski definition) is 9. The zero-order valence-corrected chi connectivity index (χ0v) is 11.7. The first kappa shape index (κ1) is 12.8. The molecule has 102 valence electrons. The number of hydrogen-bond donors (Lipinski definition) is 2. The van der Waals surface area contributed by atoms with Crippen molar-refractivity contribution in [1.29, 1.82) is 0 Å². The van der Waals surface area contributed by atoms with Crippen LogP contribution >= 0.6 is 23.1 Å². The second-order valence-electron chi connectivity index (χ2n) is 3.71. The summed E-state index contributed by atoms with van der Waals surface area (Å²) in [5.41, 5.74) is 6.30. The molecule has 0 saturated heterocycles. The van der Waals surface area contributed by atoms with E-state index < -0.39 is 0 Å². The van der Waals surface area contributed by atoms with Crippen molar-refractivity contribution in [2.75, 3.05) is 5.73 Å². The Hall–Kier alpha value is -2.20. The predicted molar refractivity (Wildman–Crippen MR) is 74.7 cm³/mol. The number of phenols is 1. The first-order chi connectivity index (χ1) is 9.72. The van der Waals surface area contributed by atoms with Crippen LogP contribution < -0.4 is 5.73 Å². The highest BCUT2D eigenvalue weighted by Crippen LogP contribution is 2.25. The molecule has 0 atom stereocenters. The Labute approximate surface area is 121 Å². The fourth-order valence-electron chi connectivity index (χ4n) is 1.48. The largest absolute Gasteiger partial charge is 0.508 e. The molecular weight excluding hydrogens is 298 g/mol. The number of anilines is 1. The van der Waals surface area contributed by atoms with E-state index in [0.29, 0.717) is 16.0 Å². The maximum Gasteiger partial charge on any atom is 0.214 e. The molecule has 0 aliphatic heterocycles. The van der Waals surface area contributed by atoms with E-state index in [0.717, 1.165) is 10.7 Å². The maximum absolute atomic E-state index is 9.29. The van der Waals surface area contributed by atoms with Crippen molar-refractivity contribution in [3.63, 3.8) is 0 Å². The minimum Gasteiger partial charge on any atom is -0.508 e. The number of benzene rings is 1. The van der Waals surface area contributed by atoms with Crippen molar-refractivity contribution in [1.82, 2.24) is 30.4 Å². The summed E-state index contributed by atoms with van der Waals surface area (Å²) < 4.78 is 1.59. The van der Waals surface area contributed by atoms with Crippen molar-refractivity contribution in [3.05, 3.63) is 29.3 Å². The Morgan fingerprint density at radius 2 is 2.00 bits per heavy atom. The number of thioether (sulfide) groups is 1. The fourth-order valence-corrected chi connectivity index (χ4v) is 2.96. The van der Waals surface area contributed by atoms with Crippen molar-refractivity contribution in [3.8, 4) is 11.4 Å². The van der Waals surface area contributed by atoms with Gasteiger partial charge in [0.1, 0.15) is 10.8 Å². The van der Waals surface area contributed by atoms with Gasteiger partial charge in [0.2, 0.25) is 10.3 Å². The predicted octanol–water partition coefficient (Wildman–Crippen LogP) is 1.09. The van der Waals surface area contributed by atoms with Crippen molar-refractivity contribution >= 4 is 28.2 Å². The van der Waals surface area contributed by atoms with Gasteiger partial charge in [0.15, 0.2) is 0 Å². The Kier molecular flexibility index (Phi) is 3.48. The zero-order valence-electron chi connectivity index (χ0n) is 10.0. The van der Waals surface area contributed by atoms with Gasteiger partial charge in [-0.25, -0.2) is 0 Å². The van der Waals surface area contributed by atoms with Gasteiger partial charge in [0.25, 0.3) is 0 Å². The second kappa shape index (κ2) is 5.43. The highest BCUT2D eigenvalue weighted by atomic mass is 32.2. The van der Waals surface area contributed by atoms with Crippen LogP contribution in [0.4, 0.5) is 5.13 Å². The molecule has 0 radical (unpaired) electrons. The molecule has 0 unspecified atom stereocenters. The standard InChI is InChI=1S/C10H9N7OS2/c11-9-13-12-8(20-9)5-19-10-14-15-16-17(10)6-1-3-7(18)4-2-6/h1-4,18H,5H2,(H2,11,13). The first-order valence-electron chi connectivity index (χ1n) is 5.51. The summed E-state index contributed by atoms with van der Waals surface area (Å²) in [6, 6.07) is 6.63. The number of rotatable bonds is 4. The average molecular weight is 307 g/mol. The van der Waals surface area contributed by atoms with Gasteiger partial charge in [-0.05, 0) is 34.7 Å². The Morgan fingerprint density at radius 3 is 2.70 bits per heavy atom. The van der Waals surface area contributed by atoms with E-state index in [2.05, 4.69) is 25.7 Å². The highest BCUT2D eigenvalue weighted by Gasteiger charge is 2.11. The molecule has 8 nitrogen and oxygen atoms in total. The lowest BCUT2D eigenvalue weighted by Crippen LogP contribution is -1.98. The minimum atomic E-state index is 0.195. The molecule has 10 heteroatoms. The molecule has 3 rings (SSSR count). The second-order valence-corrected chi connectivity index (χ2v) is 5.75. The van der Waals surface area contributed by atoms with E-state index >= 15 is 0 Å². The highest BCUT2D eigenvalue weighted by molar-refractivity contribution is 7.98. The SMILES string of the molecule is Nc1nnc(CSc2nnnn2-c2ccc(O)cc2)s1. The number of nitrogen functional groups attached to an aromatic ring is 1. The van der Waals surface area contributed by atoms with Crippen molar-refractivity contribution in [2.45, 2.75) is 10.9 Å². The third-order valence-corrected chi connectivity index (χ3v) is 4.21. The van der Waals surface area contributed by atoms with Crippen LogP contribution in [0.1, 0.15) is 5.01 Å². The maximum atomic E-state index is 9.29. The van der Waals surface area contributed by atoms with Crippen LogP contribution in [-0.4, -0.2) is 35.5 Å². The fraction of sp³-hybridized carbons (Fsp3) is 0.100. The molecule has 1 aromatic carbocycles. The molecule has 0 aliphatic carbocycles. The van der Waals surface area contributed by atoms with Gasteiger partial charge in [0.05, 0.1) is 11.4 Å². The van der Waals surface area contributed by atoms with Crippen molar-refractivity contribution in [2.24, 2.45) is 0 Å². The monoisotopic (exact) mass is 307 g/mol. The Morgan fingerprint density at radius 1 is 1.20 bits per heavy atom. The summed E-state index contributed by atoms with van der Waals surface area (Å²) in [6.07, 6.45) is 0. The quantitative estimate of drug-likeness (QED) is 0.688. The van der Waals surface area contributed by atoms with Crippen LogP contribution in [-0.2, 0) is 5.75 Å². The summed E-state index contributed by atoms with van der Waals surface area (Å²) >= 11 is 2.77. The summed E-state index contributed by atoms with van der Waals surface area (Å²) in [7, 11) is 0. The summed E-state index contributed by atoms with van der Waals surface area (Å²) in [5, 5.41) is 30.4. The molecule has 0 spiro atoms. The van der Waals surface area contributed by atoms with Crippen LogP contribution in [0.15, 0.2) is 29.4 Å². The lowest BCUT2D eigenvalue weighted by molar-refractivity contribution is 0.475. The van der Waals surface area contributed by atoms with Crippen LogP contribution in [0.25, 0.3) is 5.69 Å². The topological polar surface area (TPSA) is 116 Å². The Bertz CT molecular complexity index is 708. The van der Waals surface area contributed by atoms with E-state index in [-0.39, 0.29) is 5.75 Å². The number of nitrogens with two attached hydrogens (primary N) is 1. The molecule has 20 heavy (non-hydrogen) atoms. The van der Waals surface area contributed by atoms with Crippen LogP contribution in [0, 0.1) is 0 Å². The first-order valence-corrected chi connectivity index (χ1v) is 7.31. The van der Waals surface area contributed by atoms with Crippen LogP contribution in [0.5, 0.6) is 5.75 Å². The van der Waals surface area contributed by atoms with Gasteiger partial charge in [-0.2, -0.15) is 4.68 Å². The molecule has 3 aromatic rings. The smallest absolute Gasteiger partial charge is 0.214 e. The summed E-state index contributed by atoms with van der Waals surface area (Å²) in [5.74, 6) is 0.785. The number of aromatic nitrogens is 6. The molecule has 0 saturated carbocycles. The van der Waals surface area contributed by atoms with Gasteiger partial charge >= 0.3 is 0 Å². The minimum absolute atomic E-state index is 0.195. The van der Waals surface area contributed by atoms with Gasteiger partial charge in [-0.1, -0.05) is 23.1 Å². The van der Waals surface area contributed by atoms with Crippen LogP contribution in [0.3, 0.4) is 0 Å². The number of aromatic hydroxyl groups is 1. The summed E-state index contributed by atoms with van der Waals surface area (Å²) in [6.45, 7) is 0. The normalized spacial score (nSPS) is 10.8. The lowest BCUT2D eigenvalue weighted by Gasteiger charge is -2.03. The van der Waals surface area contributed by atoms with Gasteiger partial charge in [-0.15, -0.1) is 15.3 Å². The number of phenolic OH excluding ortho intramolecular Hbond substituents is 1. The van der Waals surface area contributed by atoms with E-state index in [1.54, 1.807) is 28.9 Å². The molecule has 2 aromatic heterocycles. The molecule has 0 amide bonds. The van der Waals surface area contributed by atoms with Crippen molar-refractivity contribution < 1.29 is 5.11 Å². The Balaban J connectivity index is 1.78. The molecule has 3 N–H and O–H groups in total. The van der Waals surface area contributed by atoms with Gasteiger partial charge in [-0.3, -0.25) is 0 Å². The molecule has 2 heterocycles. The molecule has 0 aliphatic rings. The molecular formula is C10H9N7OS2. The number of nitrogens with zero attached hydrogens (tertiary/aromatic N) is 6. The van der Waals surface area contributed by atoms with Crippen LogP contribution in [0.2, 0.25) is 0 Å². The third kappa shape index (κ3) is 2.70. The van der Waals surface area contributed by atoms with Gasteiger partial charge in [0, 0.05) is 0 Å². The number of tetrazole rings is 1. The zero-order chi connectivity index (χ0) is 13.9. The van der Waals surface area contributed by atoms with E-state index in [9.17, 15) is 5.11 Å². The van der Waals surface area contributed by atoms with E-state index in [1.165, 1.54) is 23.1 Å². The van der Waals surface area contributed by atoms with Gasteiger partial charge < -0.3 is 10.8 Å². The van der Waals surface area contributed by atoms with E-state index in [4.69, 9.17) is 5.73 Å². The molecule has 0 bridgehead atoms. The lowest BCUT2D eigenvalue weighted by atomic mass is 10.3. The third-order valence-electron chi connectivity index (χ3n) is 2.34.